The van der Waals surface area contributed by atoms with Crippen LogP contribution in [0, 0.1) is 0 Å². The third-order valence-corrected chi connectivity index (χ3v) is 5.10. The fraction of sp³-hybridized carbons (Fsp3) is 0.409. The molecule has 3 rings (SSSR count). The minimum Gasteiger partial charge on any atom is -0.488 e. The lowest BCUT2D eigenvalue weighted by Gasteiger charge is -2.22. The van der Waals surface area contributed by atoms with Crippen LogP contribution in [0.15, 0.2) is 48.5 Å². The van der Waals surface area contributed by atoms with Crippen LogP contribution < -0.4 is 10.1 Å². The fourth-order valence-corrected chi connectivity index (χ4v) is 3.58. The summed E-state index contributed by atoms with van der Waals surface area (Å²) in [5.74, 6) is 0.475. The molecule has 0 aliphatic heterocycles. The van der Waals surface area contributed by atoms with Gasteiger partial charge in [0.15, 0.2) is 0 Å². The molecule has 1 amide bonds. The largest absolute Gasteiger partial charge is 0.488 e. The van der Waals surface area contributed by atoms with E-state index in [2.05, 4.69) is 5.32 Å². The molecule has 0 atom stereocenters. The van der Waals surface area contributed by atoms with Crippen molar-refractivity contribution in [1.82, 2.24) is 5.32 Å². The van der Waals surface area contributed by atoms with Crippen LogP contribution in [0.25, 0.3) is 0 Å². The second kappa shape index (κ2) is 9.63. The molecule has 0 unspecified atom stereocenters. The van der Waals surface area contributed by atoms with Crippen molar-refractivity contribution < 1.29 is 9.53 Å². The Balaban J connectivity index is 1.68. The molecule has 0 saturated heterocycles. The number of hydrogen-bond acceptors (Lipinski definition) is 2. The average molecular weight is 372 g/mol. The molecule has 1 aliphatic carbocycles. The molecule has 26 heavy (non-hydrogen) atoms. The smallest absolute Gasteiger partial charge is 0.255 e. The summed E-state index contributed by atoms with van der Waals surface area (Å²) >= 11 is 6.13. The molecule has 0 bridgehead atoms. The molecule has 0 heterocycles. The quantitative estimate of drug-likeness (QED) is 0.725. The Hall–Kier alpha value is -2.00. The number of benzene rings is 2. The monoisotopic (exact) mass is 371 g/mol. The number of nitrogens with one attached hydrogen (secondary N) is 1. The standard InChI is InChI=1S/C22H26ClNO2/c23-18-13-14-21(26-16-17-9-5-4-6-10-17)20(15-18)22(25)24-19-11-7-2-1-3-8-12-19/h4-6,9-10,13-15,19H,1-3,7-8,11-12,16H2,(H,24,25). The van der Waals surface area contributed by atoms with Crippen molar-refractivity contribution in [3.8, 4) is 5.75 Å². The Morgan fingerprint density at radius 3 is 2.42 bits per heavy atom. The van der Waals surface area contributed by atoms with Crippen molar-refractivity contribution in [3.63, 3.8) is 0 Å². The number of hydrogen-bond donors (Lipinski definition) is 1. The van der Waals surface area contributed by atoms with Crippen LogP contribution in [0.1, 0.15) is 60.9 Å². The van der Waals surface area contributed by atoms with Gasteiger partial charge in [-0.2, -0.15) is 0 Å². The van der Waals surface area contributed by atoms with E-state index in [0.717, 1.165) is 18.4 Å². The first-order valence-electron chi connectivity index (χ1n) is 9.49. The van der Waals surface area contributed by atoms with Crippen LogP contribution in [0.2, 0.25) is 5.02 Å². The number of rotatable bonds is 5. The zero-order valence-electron chi connectivity index (χ0n) is 15.0. The van der Waals surface area contributed by atoms with E-state index in [9.17, 15) is 4.79 Å². The van der Waals surface area contributed by atoms with E-state index in [1.165, 1.54) is 32.1 Å². The molecule has 1 fully saturated rings. The van der Waals surface area contributed by atoms with Gasteiger partial charge in [0.1, 0.15) is 12.4 Å². The predicted molar refractivity (Wildman–Crippen MR) is 106 cm³/mol. The molecule has 2 aromatic carbocycles. The van der Waals surface area contributed by atoms with E-state index in [1.807, 2.05) is 30.3 Å². The van der Waals surface area contributed by atoms with E-state index in [1.54, 1.807) is 18.2 Å². The molecule has 0 spiro atoms. The third-order valence-electron chi connectivity index (χ3n) is 4.86. The molecule has 1 aliphatic rings. The highest BCUT2D eigenvalue weighted by atomic mass is 35.5. The topological polar surface area (TPSA) is 38.3 Å². The first-order chi connectivity index (χ1) is 12.7. The summed E-state index contributed by atoms with van der Waals surface area (Å²) in [5, 5.41) is 3.73. The Morgan fingerprint density at radius 2 is 1.69 bits per heavy atom. The highest BCUT2D eigenvalue weighted by Gasteiger charge is 2.18. The van der Waals surface area contributed by atoms with Gasteiger partial charge in [0.25, 0.3) is 5.91 Å². The Labute approximate surface area is 160 Å². The van der Waals surface area contributed by atoms with E-state index in [0.29, 0.717) is 22.9 Å². The number of carbonyl (C=O) groups is 1. The first-order valence-corrected chi connectivity index (χ1v) is 9.87. The number of amides is 1. The molecule has 2 aromatic rings. The minimum atomic E-state index is -0.0962. The number of halogens is 1. The summed E-state index contributed by atoms with van der Waals surface area (Å²) < 4.78 is 5.91. The van der Waals surface area contributed by atoms with Crippen molar-refractivity contribution in [2.24, 2.45) is 0 Å². The maximum Gasteiger partial charge on any atom is 0.255 e. The molecule has 1 saturated carbocycles. The summed E-state index contributed by atoms with van der Waals surface area (Å²) in [4.78, 5) is 12.8. The minimum absolute atomic E-state index is 0.0962. The first kappa shape index (κ1) is 18.8. The third kappa shape index (κ3) is 5.50. The van der Waals surface area contributed by atoms with Crippen LogP contribution in [-0.4, -0.2) is 11.9 Å². The number of ether oxygens (including phenoxy) is 1. The van der Waals surface area contributed by atoms with Crippen molar-refractivity contribution >= 4 is 17.5 Å². The molecule has 0 radical (unpaired) electrons. The van der Waals surface area contributed by atoms with Crippen LogP contribution >= 0.6 is 11.6 Å². The Kier molecular flexibility index (Phi) is 6.96. The predicted octanol–water partition coefficient (Wildman–Crippen LogP) is 5.76. The van der Waals surface area contributed by atoms with Gasteiger partial charge in [-0.25, -0.2) is 0 Å². The Bertz CT molecular complexity index is 709. The second-order valence-corrected chi connectivity index (χ2v) is 7.37. The Morgan fingerprint density at radius 1 is 1.00 bits per heavy atom. The van der Waals surface area contributed by atoms with Crippen molar-refractivity contribution in [3.05, 3.63) is 64.7 Å². The molecule has 138 valence electrons. The van der Waals surface area contributed by atoms with Crippen LogP contribution in [0.4, 0.5) is 0 Å². The molecular weight excluding hydrogens is 346 g/mol. The summed E-state index contributed by atoms with van der Waals surface area (Å²) in [5.41, 5.74) is 1.57. The van der Waals surface area contributed by atoms with E-state index < -0.39 is 0 Å². The second-order valence-electron chi connectivity index (χ2n) is 6.93. The zero-order chi connectivity index (χ0) is 18.2. The molecule has 3 nitrogen and oxygen atoms in total. The highest BCUT2D eigenvalue weighted by Crippen LogP contribution is 2.25. The van der Waals surface area contributed by atoms with Gasteiger partial charge in [-0.15, -0.1) is 0 Å². The van der Waals surface area contributed by atoms with Gasteiger partial charge in [-0.05, 0) is 36.6 Å². The highest BCUT2D eigenvalue weighted by molar-refractivity contribution is 6.31. The lowest BCUT2D eigenvalue weighted by molar-refractivity contribution is 0.0926. The SMILES string of the molecule is O=C(NC1CCCCCCC1)c1cc(Cl)ccc1OCc1ccccc1. The van der Waals surface area contributed by atoms with Gasteiger partial charge in [0.2, 0.25) is 0 Å². The molecular formula is C22H26ClNO2. The van der Waals surface area contributed by atoms with Crippen LogP contribution in [0.3, 0.4) is 0 Å². The molecule has 1 N–H and O–H groups in total. The van der Waals surface area contributed by atoms with E-state index >= 15 is 0 Å². The van der Waals surface area contributed by atoms with Crippen LogP contribution in [0.5, 0.6) is 5.75 Å². The maximum atomic E-state index is 12.8. The average Bonchev–Trinajstić information content (AvgIpc) is 2.63. The molecule has 4 heteroatoms. The summed E-state index contributed by atoms with van der Waals surface area (Å²) in [6.45, 7) is 0.423. The van der Waals surface area contributed by atoms with Gasteiger partial charge >= 0.3 is 0 Å². The lowest BCUT2D eigenvalue weighted by atomic mass is 9.96. The normalized spacial score (nSPS) is 15.7. The van der Waals surface area contributed by atoms with Gasteiger partial charge in [-0.1, -0.05) is 74.0 Å². The van der Waals surface area contributed by atoms with Crippen molar-refractivity contribution in [2.45, 2.75) is 57.6 Å². The van der Waals surface area contributed by atoms with Gasteiger partial charge in [0.05, 0.1) is 5.56 Å². The lowest BCUT2D eigenvalue weighted by Crippen LogP contribution is -2.35. The summed E-state index contributed by atoms with van der Waals surface area (Å²) in [6, 6.07) is 15.4. The van der Waals surface area contributed by atoms with E-state index in [4.69, 9.17) is 16.3 Å². The summed E-state index contributed by atoms with van der Waals surface area (Å²) in [7, 11) is 0. The van der Waals surface area contributed by atoms with Crippen LogP contribution in [-0.2, 0) is 6.61 Å². The zero-order valence-corrected chi connectivity index (χ0v) is 15.8. The van der Waals surface area contributed by atoms with E-state index in [-0.39, 0.29) is 11.9 Å². The number of carbonyl (C=O) groups excluding carboxylic acids is 1. The van der Waals surface area contributed by atoms with Crippen molar-refractivity contribution in [1.29, 1.82) is 0 Å². The summed E-state index contributed by atoms with van der Waals surface area (Å²) in [6.07, 6.45) is 8.28. The van der Waals surface area contributed by atoms with Gasteiger partial charge < -0.3 is 10.1 Å². The molecule has 0 aromatic heterocycles. The van der Waals surface area contributed by atoms with Crippen molar-refractivity contribution in [2.75, 3.05) is 0 Å². The van der Waals surface area contributed by atoms with Gasteiger partial charge in [0, 0.05) is 11.1 Å². The maximum absolute atomic E-state index is 12.8. The fourth-order valence-electron chi connectivity index (χ4n) is 3.40. The van der Waals surface area contributed by atoms with Gasteiger partial charge in [-0.3, -0.25) is 4.79 Å².